The summed E-state index contributed by atoms with van der Waals surface area (Å²) in [6.45, 7) is 1.86. The van der Waals surface area contributed by atoms with Crippen LogP contribution in [0.1, 0.15) is 17.8 Å². The van der Waals surface area contributed by atoms with Crippen LogP contribution >= 0.6 is 0 Å². The van der Waals surface area contributed by atoms with E-state index in [0.29, 0.717) is 39.9 Å². The van der Waals surface area contributed by atoms with Crippen LogP contribution in [-0.2, 0) is 7.05 Å². The zero-order valence-electron chi connectivity index (χ0n) is 17.9. The molecule has 1 N–H and O–H groups in total. The van der Waals surface area contributed by atoms with Crippen LogP contribution < -0.4 is 15.6 Å². The van der Waals surface area contributed by atoms with E-state index < -0.39 is 5.82 Å². The molecule has 1 saturated heterocycles. The van der Waals surface area contributed by atoms with Crippen LogP contribution in [-0.4, -0.2) is 29.8 Å². The maximum atomic E-state index is 14.4. The minimum atomic E-state index is -0.651. The Hall–Kier alpha value is -3.76. The molecule has 1 unspecified atom stereocenters. The summed E-state index contributed by atoms with van der Waals surface area (Å²) in [6, 6.07) is 13.2. The molecule has 32 heavy (non-hydrogen) atoms. The summed E-state index contributed by atoms with van der Waals surface area (Å²) in [5.74, 6) is 0.874. The van der Waals surface area contributed by atoms with Crippen molar-refractivity contribution in [3.63, 3.8) is 0 Å². The molecule has 0 spiro atoms. The van der Waals surface area contributed by atoms with Gasteiger partial charge >= 0.3 is 0 Å². The lowest BCUT2D eigenvalue weighted by Gasteiger charge is -2.14. The first-order valence-corrected chi connectivity index (χ1v) is 10.4. The average molecular weight is 430 g/mol. The molecule has 1 aliphatic heterocycles. The van der Waals surface area contributed by atoms with E-state index in [9.17, 15) is 9.18 Å². The minimum absolute atomic E-state index is 0.0579. The van der Waals surface area contributed by atoms with Crippen LogP contribution in [0, 0.1) is 23.1 Å². The quantitative estimate of drug-likeness (QED) is 0.667. The first kappa shape index (κ1) is 21.5. The molecule has 1 aromatic heterocycles. The number of nitrogens with zero attached hydrogens (tertiary/aromatic N) is 3. The SMILES string of the molecule is COc1ccc(-c2c(-c3ccc(C#N)c(F)c3)nc(/C=C/C3CCNC3)n(C)c2=O)cc1. The van der Waals surface area contributed by atoms with Crippen molar-refractivity contribution >= 4 is 6.08 Å². The third-order valence-corrected chi connectivity index (χ3v) is 5.68. The van der Waals surface area contributed by atoms with Crippen LogP contribution in [0.5, 0.6) is 5.75 Å². The van der Waals surface area contributed by atoms with Gasteiger partial charge in [-0.1, -0.05) is 24.3 Å². The van der Waals surface area contributed by atoms with Crippen molar-refractivity contribution in [3.8, 4) is 34.2 Å². The zero-order valence-corrected chi connectivity index (χ0v) is 17.9. The van der Waals surface area contributed by atoms with E-state index in [-0.39, 0.29) is 11.1 Å². The Kier molecular flexibility index (Phi) is 6.15. The third-order valence-electron chi connectivity index (χ3n) is 5.68. The van der Waals surface area contributed by atoms with E-state index in [1.165, 1.54) is 16.7 Å². The minimum Gasteiger partial charge on any atom is -0.497 e. The van der Waals surface area contributed by atoms with Crippen LogP contribution in [0.15, 0.2) is 53.3 Å². The molecule has 4 rings (SSSR count). The van der Waals surface area contributed by atoms with E-state index in [1.807, 2.05) is 12.1 Å². The van der Waals surface area contributed by atoms with Gasteiger partial charge in [0.1, 0.15) is 23.5 Å². The van der Waals surface area contributed by atoms with Crippen molar-refractivity contribution < 1.29 is 9.13 Å². The highest BCUT2D eigenvalue weighted by atomic mass is 19.1. The predicted octanol–water partition coefficient (Wildman–Crippen LogP) is 3.76. The lowest BCUT2D eigenvalue weighted by molar-refractivity contribution is 0.415. The number of nitrogens with one attached hydrogen (secondary N) is 1. The topological polar surface area (TPSA) is 79.9 Å². The normalized spacial score (nSPS) is 15.8. The molecule has 0 radical (unpaired) electrons. The van der Waals surface area contributed by atoms with Crippen molar-refractivity contribution in [3.05, 3.63) is 76.1 Å². The van der Waals surface area contributed by atoms with Gasteiger partial charge in [0.15, 0.2) is 0 Å². The lowest BCUT2D eigenvalue weighted by Crippen LogP contribution is -2.23. The molecule has 7 heteroatoms. The smallest absolute Gasteiger partial charge is 0.262 e. The Balaban J connectivity index is 1.91. The number of halogens is 1. The van der Waals surface area contributed by atoms with Gasteiger partial charge in [0.05, 0.1) is 23.9 Å². The fraction of sp³-hybridized carbons (Fsp3) is 0.240. The zero-order chi connectivity index (χ0) is 22.7. The van der Waals surface area contributed by atoms with E-state index in [0.717, 1.165) is 19.5 Å². The molecule has 1 aliphatic rings. The molecule has 0 amide bonds. The number of methoxy groups -OCH3 is 1. The van der Waals surface area contributed by atoms with Crippen molar-refractivity contribution in [2.75, 3.05) is 20.2 Å². The highest BCUT2D eigenvalue weighted by molar-refractivity contribution is 5.81. The molecule has 2 aromatic carbocycles. The van der Waals surface area contributed by atoms with Gasteiger partial charge in [0.2, 0.25) is 0 Å². The molecule has 3 aromatic rings. The predicted molar refractivity (Wildman–Crippen MR) is 122 cm³/mol. The van der Waals surface area contributed by atoms with Gasteiger partial charge in [-0.05, 0) is 54.8 Å². The van der Waals surface area contributed by atoms with Crippen molar-refractivity contribution in [1.29, 1.82) is 5.26 Å². The molecule has 6 nitrogen and oxygen atoms in total. The van der Waals surface area contributed by atoms with Crippen LogP contribution in [0.25, 0.3) is 28.5 Å². The maximum Gasteiger partial charge on any atom is 0.262 e. The van der Waals surface area contributed by atoms with Crippen LogP contribution in [0.3, 0.4) is 0 Å². The van der Waals surface area contributed by atoms with Gasteiger partial charge < -0.3 is 10.1 Å². The number of nitriles is 1. The lowest BCUT2D eigenvalue weighted by atomic mass is 9.99. The Bertz CT molecular complexity index is 1270. The largest absolute Gasteiger partial charge is 0.497 e. The Labute approximate surface area is 185 Å². The summed E-state index contributed by atoms with van der Waals surface area (Å²) in [6.07, 6.45) is 4.93. The third kappa shape index (κ3) is 4.18. The number of benzene rings is 2. The van der Waals surface area contributed by atoms with Gasteiger partial charge in [-0.15, -0.1) is 0 Å². The van der Waals surface area contributed by atoms with E-state index in [2.05, 4.69) is 11.4 Å². The summed E-state index contributed by atoms with van der Waals surface area (Å²) >= 11 is 0. The number of hydrogen-bond donors (Lipinski definition) is 1. The second kappa shape index (κ2) is 9.16. The summed E-state index contributed by atoms with van der Waals surface area (Å²) in [5, 5.41) is 12.4. The van der Waals surface area contributed by atoms with Crippen molar-refractivity contribution in [1.82, 2.24) is 14.9 Å². The van der Waals surface area contributed by atoms with Gasteiger partial charge in [-0.25, -0.2) is 9.37 Å². The number of aromatic nitrogens is 2. The maximum absolute atomic E-state index is 14.4. The average Bonchev–Trinajstić information content (AvgIpc) is 3.33. The molecule has 0 aliphatic carbocycles. The summed E-state index contributed by atoms with van der Waals surface area (Å²) in [5.41, 5.74) is 1.51. The fourth-order valence-corrected chi connectivity index (χ4v) is 3.81. The monoisotopic (exact) mass is 430 g/mol. The van der Waals surface area contributed by atoms with E-state index >= 15 is 0 Å². The van der Waals surface area contributed by atoms with Crippen molar-refractivity contribution in [2.24, 2.45) is 13.0 Å². The number of hydrogen-bond acceptors (Lipinski definition) is 5. The van der Waals surface area contributed by atoms with E-state index in [1.54, 1.807) is 44.5 Å². The Morgan fingerprint density at radius 1 is 1.25 bits per heavy atom. The molecule has 0 saturated carbocycles. The first-order valence-electron chi connectivity index (χ1n) is 10.4. The second-order valence-electron chi connectivity index (χ2n) is 7.70. The van der Waals surface area contributed by atoms with E-state index in [4.69, 9.17) is 15.0 Å². The fourth-order valence-electron chi connectivity index (χ4n) is 3.81. The molecular formula is C25H23FN4O2. The highest BCUT2D eigenvalue weighted by Gasteiger charge is 2.19. The molecule has 1 atom stereocenters. The molecule has 1 fully saturated rings. The molecule has 162 valence electrons. The van der Waals surface area contributed by atoms with Gasteiger partial charge in [0, 0.05) is 19.2 Å². The number of rotatable bonds is 5. The second-order valence-corrected chi connectivity index (χ2v) is 7.70. The standard InChI is InChI=1S/C25H23FN4O2/c1-30-22(10-3-16-11-12-28-15-16)29-24(18-4-5-19(14-27)21(26)13-18)23(25(30)31)17-6-8-20(32-2)9-7-17/h3-10,13,16,28H,11-12,15H2,1-2H3/b10-3+. The molecular weight excluding hydrogens is 407 g/mol. The number of ether oxygens (including phenoxy) is 1. The van der Waals surface area contributed by atoms with Crippen molar-refractivity contribution in [2.45, 2.75) is 6.42 Å². The van der Waals surface area contributed by atoms with Gasteiger partial charge in [0.25, 0.3) is 5.56 Å². The summed E-state index contributed by atoms with van der Waals surface area (Å²) in [4.78, 5) is 18.2. The Morgan fingerprint density at radius 2 is 2.00 bits per heavy atom. The van der Waals surface area contributed by atoms with Gasteiger partial charge in [-0.3, -0.25) is 9.36 Å². The van der Waals surface area contributed by atoms with Crippen LogP contribution in [0.4, 0.5) is 4.39 Å². The first-order chi connectivity index (χ1) is 15.5. The Morgan fingerprint density at radius 3 is 2.62 bits per heavy atom. The van der Waals surface area contributed by atoms with Crippen LogP contribution in [0.2, 0.25) is 0 Å². The molecule has 2 heterocycles. The molecule has 0 bridgehead atoms. The summed E-state index contributed by atoms with van der Waals surface area (Å²) in [7, 11) is 3.25. The highest BCUT2D eigenvalue weighted by Crippen LogP contribution is 2.30. The van der Waals surface area contributed by atoms with Gasteiger partial charge in [-0.2, -0.15) is 5.26 Å². The summed E-state index contributed by atoms with van der Waals surface area (Å²) < 4.78 is 21.2.